The van der Waals surface area contributed by atoms with Crippen LogP contribution in [0.15, 0.2) is 29.2 Å². The summed E-state index contributed by atoms with van der Waals surface area (Å²) in [5.41, 5.74) is -0.748. The van der Waals surface area contributed by atoms with E-state index in [2.05, 4.69) is 11.4 Å². The summed E-state index contributed by atoms with van der Waals surface area (Å²) in [6.07, 6.45) is 4.61. The van der Waals surface area contributed by atoms with Crippen molar-refractivity contribution in [1.82, 2.24) is 10.2 Å². The van der Waals surface area contributed by atoms with Gasteiger partial charge in [-0.3, -0.25) is 9.69 Å². The third-order valence-corrected chi connectivity index (χ3v) is 8.69. The molecule has 1 amide bonds. The molecule has 0 aromatic heterocycles. The number of carbonyl (C=O) groups excluding carboxylic acids is 1. The highest BCUT2D eigenvalue weighted by molar-refractivity contribution is 7.92. The van der Waals surface area contributed by atoms with E-state index >= 15 is 0 Å². The highest BCUT2D eigenvalue weighted by atomic mass is 35.5. The standard InChI is InChI=1S/C19H22ClN3O3S/c20-15-6-1-2-7-17(15)27(25,26)14-10-16(23(11-14)13-4-3-5-13)18(24)22-19(12-21)8-9-19/h1-2,6-7,13-14,16H,3-5,8-11H2,(H,22,24). The Morgan fingerprint density at radius 1 is 1.30 bits per heavy atom. The first-order chi connectivity index (χ1) is 12.9. The minimum Gasteiger partial charge on any atom is -0.336 e. The average Bonchev–Trinajstić information content (AvgIpc) is 3.22. The molecule has 2 saturated carbocycles. The van der Waals surface area contributed by atoms with Crippen LogP contribution in [0, 0.1) is 11.3 Å². The van der Waals surface area contributed by atoms with Crippen LogP contribution in [0.5, 0.6) is 0 Å². The number of carbonyl (C=O) groups is 1. The highest BCUT2D eigenvalue weighted by Gasteiger charge is 2.51. The summed E-state index contributed by atoms with van der Waals surface area (Å²) in [5.74, 6) is -0.224. The molecule has 3 aliphatic rings. The molecule has 1 heterocycles. The lowest BCUT2D eigenvalue weighted by atomic mass is 9.91. The predicted molar refractivity (Wildman–Crippen MR) is 101 cm³/mol. The van der Waals surface area contributed by atoms with E-state index in [1.807, 2.05) is 4.90 Å². The molecule has 4 rings (SSSR count). The molecule has 0 bridgehead atoms. The van der Waals surface area contributed by atoms with Gasteiger partial charge in [-0.1, -0.05) is 30.2 Å². The van der Waals surface area contributed by atoms with Crippen LogP contribution in [-0.4, -0.2) is 48.6 Å². The molecule has 6 nitrogen and oxygen atoms in total. The number of halogens is 1. The van der Waals surface area contributed by atoms with Gasteiger partial charge in [0.2, 0.25) is 5.91 Å². The summed E-state index contributed by atoms with van der Waals surface area (Å²) in [7, 11) is -3.64. The maximum absolute atomic E-state index is 13.2. The lowest BCUT2D eigenvalue weighted by molar-refractivity contribution is -0.127. The topological polar surface area (TPSA) is 90.3 Å². The van der Waals surface area contributed by atoms with Gasteiger partial charge in [-0.15, -0.1) is 0 Å². The predicted octanol–water partition coefficient (Wildman–Crippen LogP) is 2.28. The second-order valence-corrected chi connectivity index (χ2v) is 10.4. The van der Waals surface area contributed by atoms with Gasteiger partial charge in [0, 0.05) is 12.6 Å². The van der Waals surface area contributed by atoms with Crippen LogP contribution in [0.4, 0.5) is 0 Å². The monoisotopic (exact) mass is 407 g/mol. The second-order valence-electron chi connectivity index (χ2n) is 7.81. The largest absolute Gasteiger partial charge is 0.336 e. The second kappa shape index (κ2) is 6.77. The van der Waals surface area contributed by atoms with Crippen LogP contribution in [0.25, 0.3) is 0 Å². The van der Waals surface area contributed by atoms with Crippen molar-refractivity contribution in [3.8, 4) is 6.07 Å². The lowest BCUT2D eigenvalue weighted by Gasteiger charge is -2.38. The van der Waals surface area contributed by atoms with Crippen molar-refractivity contribution < 1.29 is 13.2 Å². The molecule has 0 radical (unpaired) electrons. The van der Waals surface area contributed by atoms with Crippen LogP contribution in [0.1, 0.15) is 38.5 Å². The Labute approximate surface area is 164 Å². The van der Waals surface area contributed by atoms with E-state index in [1.54, 1.807) is 18.2 Å². The lowest BCUT2D eigenvalue weighted by Crippen LogP contribution is -2.52. The zero-order valence-electron chi connectivity index (χ0n) is 14.9. The first kappa shape index (κ1) is 18.7. The Kier molecular flexibility index (Phi) is 4.69. The molecule has 2 unspecified atom stereocenters. The SMILES string of the molecule is N#CC1(NC(=O)C2CC(S(=O)(=O)c3ccccc3Cl)CN2C2CCC2)CC1. The van der Waals surface area contributed by atoms with Gasteiger partial charge in [0.05, 0.1) is 27.3 Å². The number of nitrogens with one attached hydrogen (secondary N) is 1. The number of nitrogens with zero attached hydrogens (tertiary/aromatic N) is 2. The fraction of sp³-hybridized carbons (Fsp3) is 0.579. The summed E-state index contributed by atoms with van der Waals surface area (Å²) in [6.45, 7) is 0.329. The van der Waals surface area contributed by atoms with Gasteiger partial charge in [0.25, 0.3) is 0 Å². The van der Waals surface area contributed by atoms with E-state index in [4.69, 9.17) is 11.6 Å². The zero-order chi connectivity index (χ0) is 19.2. The number of rotatable bonds is 5. The number of likely N-dealkylation sites (tertiary alicyclic amines) is 1. The van der Waals surface area contributed by atoms with E-state index in [0.29, 0.717) is 19.4 Å². The summed E-state index contributed by atoms with van der Waals surface area (Å²) < 4.78 is 26.3. The van der Waals surface area contributed by atoms with Crippen LogP contribution < -0.4 is 5.32 Å². The number of hydrogen-bond acceptors (Lipinski definition) is 5. The number of amides is 1. The molecule has 0 spiro atoms. The smallest absolute Gasteiger partial charge is 0.238 e. The number of nitriles is 1. The van der Waals surface area contributed by atoms with Gasteiger partial charge in [-0.25, -0.2) is 8.42 Å². The van der Waals surface area contributed by atoms with Crippen molar-refractivity contribution in [2.45, 2.75) is 66.3 Å². The molecule has 27 heavy (non-hydrogen) atoms. The van der Waals surface area contributed by atoms with Gasteiger partial charge in [0.15, 0.2) is 9.84 Å². The van der Waals surface area contributed by atoms with Gasteiger partial charge < -0.3 is 5.32 Å². The normalized spacial score (nSPS) is 27.6. The molecule has 1 aromatic rings. The van der Waals surface area contributed by atoms with E-state index in [-0.39, 0.29) is 28.3 Å². The summed E-state index contributed by atoms with van der Waals surface area (Å²) >= 11 is 6.13. The quantitative estimate of drug-likeness (QED) is 0.808. The number of hydrogen-bond donors (Lipinski definition) is 1. The molecular weight excluding hydrogens is 386 g/mol. The minimum absolute atomic E-state index is 0.127. The van der Waals surface area contributed by atoms with Gasteiger partial charge in [-0.05, 0) is 44.2 Å². The molecule has 144 valence electrons. The zero-order valence-corrected chi connectivity index (χ0v) is 16.5. The third-order valence-electron chi connectivity index (χ3n) is 6.06. The van der Waals surface area contributed by atoms with Crippen LogP contribution in [-0.2, 0) is 14.6 Å². The fourth-order valence-corrected chi connectivity index (χ4v) is 6.22. The van der Waals surface area contributed by atoms with Crippen LogP contribution >= 0.6 is 11.6 Å². The minimum atomic E-state index is -3.64. The Balaban J connectivity index is 1.58. The molecule has 2 aliphatic carbocycles. The molecule has 1 saturated heterocycles. The summed E-state index contributed by atoms with van der Waals surface area (Å²) in [5, 5.41) is 11.6. The molecule has 2 atom stereocenters. The first-order valence-corrected chi connectivity index (χ1v) is 11.3. The van der Waals surface area contributed by atoms with E-state index in [9.17, 15) is 18.5 Å². The molecule has 8 heteroatoms. The maximum atomic E-state index is 13.2. The van der Waals surface area contributed by atoms with Crippen LogP contribution in [0.3, 0.4) is 0 Å². The van der Waals surface area contributed by atoms with Crippen molar-refractivity contribution in [3.63, 3.8) is 0 Å². The van der Waals surface area contributed by atoms with Crippen molar-refractivity contribution in [3.05, 3.63) is 29.3 Å². The highest BCUT2D eigenvalue weighted by Crippen LogP contribution is 2.38. The first-order valence-electron chi connectivity index (χ1n) is 9.34. The van der Waals surface area contributed by atoms with Gasteiger partial charge in [-0.2, -0.15) is 5.26 Å². The van der Waals surface area contributed by atoms with Crippen molar-refractivity contribution in [1.29, 1.82) is 5.26 Å². The van der Waals surface area contributed by atoms with Crippen molar-refractivity contribution in [2.75, 3.05) is 6.54 Å². The van der Waals surface area contributed by atoms with E-state index in [1.165, 1.54) is 6.07 Å². The van der Waals surface area contributed by atoms with Crippen LogP contribution in [0.2, 0.25) is 5.02 Å². The Hall–Kier alpha value is -1.62. The summed E-state index contributed by atoms with van der Waals surface area (Å²) in [6, 6.07) is 8.35. The fourth-order valence-electron chi connectivity index (χ4n) is 3.99. The van der Waals surface area contributed by atoms with Crippen molar-refractivity contribution >= 4 is 27.3 Å². The number of sulfone groups is 1. The van der Waals surface area contributed by atoms with Gasteiger partial charge in [0.1, 0.15) is 5.54 Å². The average molecular weight is 408 g/mol. The summed E-state index contributed by atoms with van der Waals surface area (Å²) in [4.78, 5) is 15.0. The van der Waals surface area contributed by atoms with Gasteiger partial charge >= 0.3 is 0 Å². The Morgan fingerprint density at radius 2 is 2.00 bits per heavy atom. The Bertz CT molecular complexity index is 903. The molecule has 1 aliphatic heterocycles. The van der Waals surface area contributed by atoms with E-state index in [0.717, 1.165) is 19.3 Å². The van der Waals surface area contributed by atoms with Crippen molar-refractivity contribution in [2.24, 2.45) is 0 Å². The number of benzene rings is 1. The molecule has 3 fully saturated rings. The van der Waals surface area contributed by atoms with E-state index < -0.39 is 26.7 Å². The Morgan fingerprint density at radius 3 is 2.56 bits per heavy atom. The molecule has 1 N–H and O–H groups in total. The molecule has 1 aromatic carbocycles. The maximum Gasteiger partial charge on any atom is 0.238 e. The third kappa shape index (κ3) is 3.35. The molecular formula is C19H22ClN3O3S.